The van der Waals surface area contributed by atoms with E-state index in [0.29, 0.717) is 6.04 Å². The van der Waals surface area contributed by atoms with Gasteiger partial charge in [0.2, 0.25) is 0 Å². The van der Waals surface area contributed by atoms with E-state index in [1.165, 1.54) is 6.42 Å². The number of halogens is 2. The molecule has 20 heavy (non-hydrogen) atoms. The molecular formula is C15H18Cl2N2O. The molecule has 1 aromatic carbocycles. The summed E-state index contributed by atoms with van der Waals surface area (Å²) in [5.41, 5.74) is 2.26. The van der Waals surface area contributed by atoms with Gasteiger partial charge >= 0.3 is 0 Å². The summed E-state index contributed by atoms with van der Waals surface area (Å²) in [6.07, 6.45) is 4.83. The molecule has 2 heterocycles. The molecule has 1 aromatic heterocycles. The van der Waals surface area contributed by atoms with Crippen molar-refractivity contribution in [3.63, 3.8) is 0 Å². The highest BCUT2D eigenvalue weighted by Gasteiger charge is 2.16. The van der Waals surface area contributed by atoms with Crippen LogP contribution in [0.5, 0.6) is 5.75 Å². The van der Waals surface area contributed by atoms with Gasteiger partial charge in [0.15, 0.2) is 0 Å². The molecule has 3 rings (SSSR count). The van der Waals surface area contributed by atoms with Gasteiger partial charge in [-0.3, -0.25) is 4.98 Å². The quantitative estimate of drug-likeness (QED) is 0.940. The van der Waals surface area contributed by atoms with Crippen molar-refractivity contribution in [2.24, 2.45) is 0 Å². The van der Waals surface area contributed by atoms with Gasteiger partial charge in [0.1, 0.15) is 12.4 Å². The SMILES string of the molecule is Cl.Cl.c1ccc(-c2cncc(OC[C@@H]3CCN3)c2)cc1. The van der Waals surface area contributed by atoms with E-state index in [9.17, 15) is 0 Å². The fourth-order valence-electron chi connectivity index (χ4n) is 1.97. The van der Waals surface area contributed by atoms with Crippen LogP contribution in [0.3, 0.4) is 0 Å². The second kappa shape index (κ2) is 8.10. The van der Waals surface area contributed by atoms with Crippen molar-refractivity contribution in [2.75, 3.05) is 13.2 Å². The standard InChI is InChI=1S/C15H16N2O.2ClH/c1-2-4-12(5-3-1)13-8-15(10-16-9-13)18-11-14-6-7-17-14;;/h1-5,8-10,14,17H,6-7,11H2;2*1H/t14-;;/m0../s1. The molecule has 1 saturated heterocycles. The fourth-order valence-corrected chi connectivity index (χ4v) is 1.97. The van der Waals surface area contributed by atoms with Crippen LogP contribution in [-0.2, 0) is 0 Å². The Balaban J connectivity index is 0.000001000. The smallest absolute Gasteiger partial charge is 0.138 e. The molecule has 5 heteroatoms. The molecule has 0 unspecified atom stereocenters. The van der Waals surface area contributed by atoms with E-state index >= 15 is 0 Å². The third kappa shape index (κ3) is 4.10. The first kappa shape index (κ1) is 16.8. The monoisotopic (exact) mass is 312 g/mol. The molecule has 3 nitrogen and oxygen atoms in total. The summed E-state index contributed by atoms with van der Waals surface area (Å²) in [6, 6.07) is 12.8. The Hall–Kier alpha value is -1.29. The molecule has 0 radical (unpaired) electrons. The average molecular weight is 313 g/mol. The summed E-state index contributed by atoms with van der Waals surface area (Å²) < 4.78 is 5.75. The summed E-state index contributed by atoms with van der Waals surface area (Å²) >= 11 is 0. The molecule has 0 amide bonds. The van der Waals surface area contributed by atoms with Crippen LogP contribution < -0.4 is 10.1 Å². The number of nitrogens with zero attached hydrogens (tertiary/aromatic N) is 1. The molecule has 0 bridgehead atoms. The highest BCUT2D eigenvalue weighted by molar-refractivity contribution is 5.85. The lowest BCUT2D eigenvalue weighted by Crippen LogP contribution is -2.46. The van der Waals surface area contributed by atoms with Gasteiger partial charge < -0.3 is 10.1 Å². The van der Waals surface area contributed by atoms with E-state index in [1.54, 1.807) is 6.20 Å². The molecule has 1 fully saturated rings. The zero-order valence-corrected chi connectivity index (χ0v) is 12.6. The molecule has 0 saturated carbocycles. The summed E-state index contributed by atoms with van der Waals surface area (Å²) in [4.78, 5) is 4.24. The van der Waals surface area contributed by atoms with Gasteiger partial charge in [-0.15, -0.1) is 24.8 Å². The van der Waals surface area contributed by atoms with Gasteiger partial charge in [-0.25, -0.2) is 0 Å². The van der Waals surface area contributed by atoms with Gasteiger partial charge in [-0.2, -0.15) is 0 Å². The normalized spacial score (nSPS) is 16.3. The highest BCUT2D eigenvalue weighted by Crippen LogP contribution is 2.22. The Morgan fingerprint density at radius 2 is 1.85 bits per heavy atom. The van der Waals surface area contributed by atoms with E-state index in [2.05, 4.69) is 22.4 Å². The Labute approximate surface area is 131 Å². The molecule has 1 aliphatic rings. The van der Waals surface area contributed by atoms with Crippen molar-refractivity contribution in [1.29, 1.82) is 0 Å². The second-order valence-electron chi connectivity index (χ2n) is 4.53. The Morgan fingerprint density at radius 3 is 2.50 bits per heavy atom. The second-order valence-corrected chi connectivity index (χ2v) is 4.53. The van der Waals surface area contributed by atoms with E-state index in [-0.39, 0.29) is 24.8 Å². The number of pyridine rings is 1. The van der Waals surface area contributed by atoms with Crippen LogP contribution in [0.2, 0.25) is 0 Å². The maximum atomic E-state index is 5.75. The van der Waals surface area contributed by atoms with Gasteiger partial charge in [0, 0.05) is 17.8 Å². The first-order valence-corrected chi connectivity index (χ1v) is 6.28. The number of hydrogen-bond acceptors (Lipinski definition) is 3. The van der Waals surface area contributed by atoms with Crippen LogP contribution in [0.4, 0.5) is 0 Å². The van der Waals surface area contributed by atoms with Crippen molar-refractivity contribution in [3.8, 4) is 16.9 Å². The Bertz CT molecular complexity index is 518. The Kier molecular flexibility index (Phi) is 6.79. The van der Waals surface area contributed by atoms with E-state index < -0.39 is 0 Å². The predicted octanol–water partition coefficient (Wildman–Crippen LogP) is 3.33. The lowest BCUT2D eigenvalue weighted by Gasteiger charge is -2.27. The van der Waals surface area contributed by atoms with Crippen LogP contribution in [0.1, 0.15) is 6.42 Å². The van der Waals surface area contributed by atoms with Gasteiger partial charge in [0.05, 0.1) is 6.20 Å². The van der Waals surface area contributed by atoms with Crippen LogP contribution in [0.25, 0.3) is 11.1 Å². The maximum Gasteiger partial charge on any atom is 0.138 e. The van der Waals surface area contributed by atoms with Gasteiger partial charge in [-0.1, -0.05) is 30.3 Å². The van der Waals surface area contributed by atoms with Crippen molar-refractivity contribution < 1.29 is 4.74 Å². The van der Waals surface area contributed by atoms with Crippen molar-refractivity contribution in [3.05, 3.63) is 48.8 Å². The molecule has 2 aromatic rings. The summed E-state index contributed by atoms with van der Waals surface area (Å²) in [7, 11) is 0. The summed E-state index contributed by atoms with van der Waals surface area (Å²) in [5, 5.41) is 3.32. The third-order valence-electron chi connectivity index (χ3n) is 3.20. The van der Waals surface area contributed by atoms with Crippen LogP contribution in [-0.4, -0.2) is 24.2 Å². The van der Waals surface area contributed by atoms with Crippen LogP contribution in [0.15, 0.2) is 48.8 Å². The molecule has 0 aliphatic carbocycles. The Morgan fingerprint density at radius 1 is 1.10 bits per heavy atom. The molecule has 0 spiro atoms. The number of rotatable bonds is 4. The van der Waals surface area contributed by atoms with Crippen molar-refractivity contribution >= 4 is 24.8 Å². The number of nitrogens with one attached hydrogen (secondary N) is 1. The molecule has 1 N–H and O–H groups in total. The number of aromatic nitrogens is 1. The molecular weight excluding hydrogens is 295 g/mol. The van der Waals surface area contributed by atoms with Gasteiger partial charge in [-0.05, 0) is 24.6 Å². The minimum atomic E-state index is 0. The van der Waals surface area contributed by atoms with Crippen molar-refractivity contribution in [2.45, 2.75) is 12.5 Å². The zero-order valence-electron chi connectivity index (χ0n) is 11.0. The fraction of sp³-hybridized carbons (Fsp3) is 0.267. The largest absolute Gasteiger partial charge is 0.490 e. The van der Waals surface area contributed by atoms with Crippen LogP contribution in [0, 0.1) is 0 Å². The van der Waals surface area contributed by atoms with Gasteiger partial charge in [0.25, 0.3) is 0 Å². The summed E-state index contributed by atoms with van der Waals surface area (Å²) in [6.45, 7) is 1.83. The topological polar surface area (TPSA) is 34.1 Å². The number of benzene rings is 1. The average Bonchev–Trinajstić information content (AvgIpc) is 2.38. The lowest BCUT2D eigenvalue weighted by atomic mass is 10.1. The minimum absolute atomic E-state index is 0. The summed E-state index contributed by atoms with van der Waals surface area (Å²) in [5.74, 6) is 0.838. The number of ether oxygens (including phenoxy) is 1. The number of hydrogen-bond donors (Lipinski definition) is 1. The van der Waals surface area contributed by atoms with E-state index in [4.69, 9.17) is 4.74 Å². The minimum Gasteiger partial charge on any atom is -0.490 e. The zero-order chi connectivity index (χ0) is 12.2. The predicted molar refractivity (Wildman–Crippen MR) is 86.1 cm³/mol. The third-order valence-corrected chi connectivity index (χ3v) is 3.20. The highest BCUT2D eigenvalue weighted by atomic mass is 35.5. The van der Waals surface area contributed by atoms with E-state index in [1.807, 2.05) is 30.5 Å². The molecule has 1 atom stereocenters. The molecule has 108 valence electrons. The van der Waals surface area contributed by atoms with Crippen molar-refractivity contribution in [1.82, 2.24) is 10.3 Å². The maximum absolute atomic E-state index is 5.75. The van der Waals surface area contributed by atoms with E-state index in [0.717, 1.165) is 30.0 Å². The molecule has 1 aliphatic heterocycles. The lowest BCUT2D eigenvalue weighted by molar-refractivity contribution is 0.217. The van der Waals surface area contributed by atoms with Crippen LogP contribution >= 0.6 is 24.8 Å². The first-order chi connectivity index (χ1) is 8.92. The first-order valence-electron chi connectivity index (χ1n) is 6.28.